The average molecular weight is 170 g/mol. The van der Waals surface area contributed by atoms with Crippen molar-refractivity contribution in [2.75, 3.05) is 19.8 Å². The molecule has 0 N–H and O–H groups in total. The summed E-state index contributed by atoms with van der Waals surface area (Å²) >= 11 is 0. The number of ether oxygens (including phenoxy) is 2. The Labute approximate surface area is 74.2 Å². The summed E-state index contributed by atoms with van der Waals surface area (Å²) in [6.07, 6.45) is 5.48. The average Bonchev–Trinajstić information content (AvgIpc) is 2.13. The first-order valence-electron chi connectivity index (χ1n) is 5.00. The van der Waals surface area contributed by atoms with Crippen molar-refractivity contribution in [2.45, 2.75) is 38.7 Å². The quantitative estimate of drug-likeness (QED) is 0.553. The van der Waals surface area contributed by atoms with Crippen LogP contribution in [0.2, 0.25) is 0 Å². The lowest BCUT2D eigenvalue weighted by molar-refractivity contribution is -0.0993. The molecule has 0 saturated carbocycles. The Balaban J connectivity index is 1.92. The van der Waals surface area contributed by atoms with Crippen LogP contribution in [0.15, 0.2) is 0 Å². The molecule has 0 aromatic heterocycles. The maximum Gasteiger partial charge on any atom is 0.0547 e. The molecule has 0 aliphatic carbocycles. The van der Waals surface area contributed by atoms with Gasteiger partial charge in [0, 0.05) is 13.2 Å². The van der Waals surface area contributed by atoms with Crippen LogP contribution in [-0.2, 0) is 9.47 Å². The van der Waals surface area contributed by atoms with E-state index < -0.39 is 0 Å². The molecule has 2 rings (SSSR count). The van der Waals surface area contributed by atoms with Crippen LogP contribution in [-0.4, -0.2) is 25.9 Å². The summed E-state index contributed by atoms with van der Waals surface area (Å²) in [4.78, 5) is 0. The third-order valence-corrected chi connectivity index (χ3v) is 3.31. The minimum absolute atomic E-state index is 0.485. The van der Waals surface area contributed by atoms with Gasteiger partial charge in [0.1, 0.15) is 0 Å². The smallest absolute Gasteiger partial charge is 0.0547 e. The third-order valence-electron chi connectivity index (χ3n) is 3.31. The summed E-state index contributed by atoms with van der Waals surface area (Å²) in [5.74, 6) is 0. The van der Waals surface area contributed by atoms with Crippen molar-refractivity contribution in [3.8, 4) is 0 Å². The highest BCUT2D eigenvalue weighted by Crippen LogP contribution is 2.39. The van der Waals surface area contributed by atoms with Crippen molar-refractivity contribution in [2.24, 2.45) is 5.41 Å². The van der Waals surface area contributed by atoms with Crippen LogP contribution in [0.5, 0.6) is 0 Å². The zero-order valence-corrected chi connectivity index (χ0v) is 7.84. The van der Waals surface area contributed by atoms with Gasteiger partial charge in [0.05, 0.1) is 12.7 Å². The molecular weight excluding hydrogens is 152 g/mol. The van der Waals surface area contributed by atoms with Crippen molar-refractivity contribution in [3.05, 3.63) is 0 Å². The lowest BCUT2D eigenvalue weighted by atomic mass is 9.75. The van der Waals surface area contributed by atoms with Gasteiger partial charge in [-0.25, -0.2) is 0 Å². The largest absolute Gasteiger partial charge is 0.381 e. The van der Waals surface area contributed by atoms with Crippen LogP contribution in [0.25, 0.3) is 0 Å². The topological polar surface area (TPSA) is 18.5 Å². The highest BCUT2D eigenvalue weighted by Gasteiger charge is 2.36. The zero-order chi connectivity index (χ0) is 8.44. The molecule has 1 atom stereocenters. The summed E-state index contributed by atoms with van der Waals surface area (Å²) in [6, 6.07) is 0. The molecule has 0 radical (unpaired) electrons. The van der Waals surface area contributed by atoms with E-state index in [2.05, 4.69) is 6.92 Å². The molecule has 2 nitrogen and oxygen atoms in total. The van der Waals surface area contributed by atoms with Crippen molar-refractivity contribution in [1.29, 1.82) is 0 Å². The second-order valence-corrected chi connectivity index (χ2v) is 4.27. The van der Waals surface area contributed by atoms with Crippen LogP contribution in [0.4, 0.5) is 0 Å². The fourth-order valence-electron chi connectivity index (χ4n) is 2.18. The second-order valence-electron chi connectivity index (χ2n) is 4.27. The summed E-state index contributed by atoms with van der Waals surface area (Å²) in [5.41, 5.74) is 0.491. The van der Waals surface area contributed by atoms with E-state index in [9.17, 15) is 0 Å². The van der Waals surface area contributed by atoms with Crippen LogP contribution < -0.4 is 0 Å². The first kappa shape index (κ1) is 8.52. The van der Waals surface area contributed by atoms with Gasteiger partial charge in [-0.3, -0.25) is 0 Å². The highest BCUT2D eigenvalue weighted by atomic mass is 16.5. The van der Waals surface area contributed by atoms with E-state index >= 15 is 0 Å². The lowest BCUT2D eigenvalue weighted by Gasteiger charge is -2.41. The van der Waals surface area contributed by atoms with Gasteiger partial charge in [-0.15, -0.1) is 0 Å². The predicted molar refractivity (Wildman–Crippen MR) is 47.1 cm³/mol. The van der Waals surface area contributed by atoms with E-state index in [1.807, 2.05) is 0 Å². The molecule has 1 unspecified atom stereocenters. The van der Waals surface area contributed by atoms with Gasteiger partial charge < -0.3 is 9.47 Å². The maximum absolute atomic E-state index is 5.72. The molecule has 2 heteroatoms. The summed E-state index contributed by atoms with van der Waals surface area (Å²) < 4.78 is 11.1. The summed E-state index contributed by atoms with van der Waals surface area (Å²) in [5, 5.41) is 0. The minimum atomic E-state index is 0.485. The van der Waals surface area contributed by atoms with Gasteiger partial charge >= 0.3 is 0 Å². The minimum Gasteiger partial charge on any atom is -0.381 e. The first-order valence-corrected chi connectivity index (χ1v) is 5.00. The Morgan fingerprint density at radius 3 is 2.50 bits per heavy atom. The molecule has 2 saturated heterocycles. The molecule has 70 valence electrons. The number of hydrogen-bond donors (Lipinski definition) is 0. The van der Waals surface area contributed by atoms with Gasteiger partial charge in [-0.1, -0.05) is 0 Å². The zero-order valence-electron chi connectivity index (χ0n) is 7.84. The van der Waals surface area contributed by atoms with Crippen molar-refractivity contribution in [1.82, 2.24) is 0 Å². The number of rotatable bonds is 0. The van der Waals surface area contributed by atoms with Gasteiger partial charge in [-0.05, 0) is 38.0 Å². The van der Waals surface area contributed by atoms with E-state index in [4.69, 9.17) is 9.47 Å². The number of hydrogen-bond acceptors (Lipinski definition) is 2. The molecule has 12 heavy (non-hydrogen) atoms. The Morgan fingerprint density at radius 1 is 1.17 bits per heavy atom. The second kappa shape index (κ2) is 3.35. The van der Waals surface area contributed by atoms with Crippen molar-refractivity contribution in [3.63, 3.8) is 0 Å². The van der Waals surface area contributed by atoms with Gasteiger partial charge in [0.2, 0.25) is 0 Å². The SMILES string of the molecule is CC1CCC2(CCOCC2)CO1. The molecule has 2 aliphatic rings. The van der Waals surface area contributed by atoms with Crippen molar-refractivity contribution < 1.29 is 9.47 Å². The summed E-state index contributed by atoms with van der Waals surface area (Å²) in [7, 11) is 0. The van der Waals surface area contributed by atoms with E-state index in [0.717, 1.165) is 19.8 Å². The summed E-state index contributed by atoms with van der Waals surface area (Å²) in [6.45, 7) is 5.03. The fraction of sp³-hybridized carbons (Fsp3) is 1.00. The monoisotopic (exact) mass is 170 g/mol. The fourth-order valence-corrected chi connectivity index (χ4v) is 2.18. The molecule has 1 spiro atoms. The molecule has 2 fully saturated rings. The van der Waals surface area contributed by atoms with Crippen LogP contribution in [0.1, 0.15) is 32.6 Å². The van der Waals surface area contributed by atoms with Crippen LogP contribution in [0, 0.1) is 5.41 Å². The van der Waals surface area contributed by atoms with E-state index in [1.165, 1.54) is 25.7 Å². The van der Waals surface area contributed by atoms with E-state index in [-0.39, 0.29) is 0 Å². The molecular formula is C10H18O2. The van der Waals surface area contributed by atoms with Gasteiger partial charge in [-0.2, -0.15) is 0 Å². The van der Waals surface area contributed by atoms with Gasteiger partial charge in [0.25, 0.3) is 0 Å². The molecule has 0 aromatic rings. The molecule has 0 amide bonds. The molecule has 2 heterocycles. The predicted octanol–water partition coefficient (Wildman–Crippen LogP) is 1.98. The Kier molecular flexibility index (Phi) is 2.37. The van der Waals surface area contributed by atoms with Crippen LogP contribution in [0.3, 0.4) is 0 Å². The lowest BCUT2D eigenvalue weighted by Crippen LogP contribution is -2.39. The highest BCUT2D eigenvalue weighted by molar-refractivity contribution is 4.85. The Morgan fingerprint density at radius 2 is 1.92 bits per heavy atom. The molecule has 0 bridgehead atoms. The third kappa shape index (κ3) is 1.64. The normalized spacial score (nSPS) is 35.2. The van der Waals surface area contributed by atoms with E-state index in [0.29, 0.717) is 11.5 Å². The standard InChI is InChI=1S/C10H18O2/c1-9-2-3-10(8-12-9)4-6-11-7-5-10/h9H,2-8H2,1H3. The van der Waals surface area contributed by atoms with E-state index in [1.54, 1.807) is 0 Å². The molecule has 2 aliphatic heterocycles. The first-order chi connectivity index (χ1) is 5.81. The molecule has 0 aromatic carbocycles. The Hall–Kier alpha value is -0.0800. The maximum atomic E-state index is 5.72. The van der Waals surface area contributed by atoms with Gasteiger partial charge in [0.15, 0.2) is 0 Å². The van der Waals surface area contributed by atoms with Crippen molar-refractivity contribution >= 4 is 0 Å². The Bertz CT molecular complexity index is 140. The van der Waals surface area contributed by atoms with Crippen LogP contribution >= 0.6 is 0 Å².